The molecule has 0 radical (unpaired) electrons. The van der Waals surface area contributed by atoms with Crippen LogP contribution in [0.25, 0.3) is 33.5 Å². The minimum absolute atomic E-state index is 0.134. The van der Waals surface area contributed by atoms with E-state index in [-0.39, 0.29) is 18.0 Å². The first-order valence-corrected chi connectivity index (χ1v) is 12.2. The number of nitrogens with zero attached hydrogens (tertiary/aromatic N) is 3. The number of hydrogen-bond donors (Lipinski definition) is 0. The molecule has 9 heteroatoms. The average molecular weight is 612 g/mol. The molecule has 2 aromatic heterocycles. The molecule has 0 saturated carbocycles. The molecule has 0 aliphatic rings. The molecule has 35 heavy (non-hydrogen) atoms. The molecule has 0 aliphatic carbocycles. The van der Waals surface area contributed by atoms with Crippen molar-refractivity contribution in [1.82, 2.24) is 9.66 Å². The van der Waals surface area contributed by atoms with Gasteiger partial charge in [-0.05, 0) is 86.0 Å². The zero-order chi connectivity index (χ0) is 24.5. The Labute approximate surface area is 221 Å². The molecular weight excluding hydrogens is 598 g/mol. The number of terminal acetylenes is 1. The summed E-state index contributed by atoms with van der Waals surface area (Å²) in [5.74, 6) is 3.67. The van der Waals surface area contributed by atoms with Crippen LogP contribution in [0.3, 0.4) is 0 Å². The summed E-state index contributed by atoms with van der Waals surface area (Å²) in [7, 11) is 0. The van der Waals surface area contributed by atoms with Crippen molar-refractivity contribution in [3.8, 4) is 29.7 Å². The highest BCUT2D eigenvalue weighted by Gasteiger charge is 2.17. The van der Waals surface area contributed by atoms with Gasteiger partial charge < -0.3 is 9.15 Å². The molecule has 0 unspecified atom stereocenters. The zero-order valence-corrected chi connectivity index (χ0v) is 21.8. The second-order valence-corrected chi connectivity index (χ2v) is 9.56. The van der Waals surface area contributed by atoms with Gasteiger partial charge in [0, 0.05) is 10.4 Å². The number of furan rings is 1. The first kappa shape index (κ1) is 23.4. The minimum atomic E-state index is -0.326. The Morgan fingerprint density at radius 1 is 1.14 bits per heavy atom. The van der Waals surface area contributed by atoms with Gasteiger partial charge in [0.05, 0.1) is 26.1 Å². The standard InChI is InChI=1S/C26H14Br2ClN3O3/c1-2-9-34-24-19(27)10-15(11-20(24)28)14-30-32-25(31-21-6-4-3-5-18(21)26(32)33)23-13-16-12-17(29)7-8-22(16)35-23/h1,3-8,10-14H,9H2. The van der Waals surface area contributed by atoms with Crippen LogP contribution in [-0.2, 0) is 0 Å². The summed E-state index contributed by atoms with van der Waals surface area (Å²) >= 11 is 13.1. The molecule has 0 atom stereocenters. The van der Waals surface area contributed by atoms with Gasteiger partial charge in [-0.2, -0.15) is 9.78 Å². The third kappa shape index (κ3) is 4.63. The molecule has 2 heterocycles. The highest BCUT2D eigenvalue weighted by atomic mass is 79.9. The van der Waals surface area contributed by atoms with Crippen molar-refractivity contribution in [3.63, 3.8) is 0 Å². The van der Waals surface area contributed by atoms with E-state index in [0.29, 0.717) is 47.5 Å². The number of halogens is 3. The lowest BCUT2D eigenvalue weighted by Gasteiger charge is -2.09. The van der Waals surface area contributed by atoms with Crippen LogP contribution in [0.1, 0.15) is 5.56 Å². The molecule has 5 aromatic rings. The monoisotopic (exact) mass is 609 g/mol. The number of para-hydroxylation sites is 1. The van der Waals surface area contributed by atoms with Crippen molar-refractivity contribution in [2.75, 3.05) is 6.61 Å². The first-order chi connectivity index (χ1) is 16.9. The normalized spacial score (nSPS) is 11.4. The van der Waals surface area contributed by atoms with Crippen LogP contribution in [0, 0.1) is 12.3 Å². The Hall–Kier alpha value is -3.38. The van der Waals surface area contributed by atoms with Crippen molar-refractivity contribution < 1.29 is 9.15 Å². The fraction of sp³-hybridized carbons (Fsp3) is 0.0385. The number of hydrogen-bond acceptors (Lipinski definition) is 5. The van der Waals surface area contributed by atoms with Gasteiger partial charge in [-0.15, -0.1) is 6.42 Å². The number of fused-ring (bicyclic) bond motifs is 2. The lowest BCUT2D eigenvalue weighted by molar-refractivity contribution is 0.365. The van der Waals surface area contributed by atoms with Gasteiger partial charge in [-0.25, -0.2) is 4.98 Å². The van der Waals surface area contributed by atoms with Crippen LogP contribution < -0.4 is 10.3 Å². The summed E-state index contributed by atoms with van der Waals surface area (Å²) in [5, 5.41) is 6.29. The Balaban J connectivity index is 1.65. The first-order valence-electron chi connectivity index (χ1n) is 10.3. The van der Waals surface area contributed by atoms with E-state index in [0.717, 1.165) is 5.39 Å². The van der Waals surface area contributed by atoms with E-state index in [2.05, 4.69) is 47.9 Å². The quantitative estimate of drug-likeness (QED) is 0.161. The van der Waals surface area contributed by atoms with E-state index < -0.39 is 0 Å². The van der Waals surface area contributed by atoms with Gasteiger partial charge in [0.15, 0.2) is 5.76 Å². The summed E-state index contributed by atoms with van der Waals surface area (Å²) < 4.78 is 14.1. The van der Waals surface area contributed by atoms with Gasteiger partial charge in [0.1, 0.15) is 17.9 Å². The van der Waals surface area contributed by atoms with Crippen LogP contribution in [0.4, 0.5) is 0 Å². The number of aromatic nitrogens is 2. The number of rotatable bonds is 5. The van der Waals surface area contributed by atoms with Crippen molar-refractivity contribution in [2.45, 2.75) is 0 Å². The molecule has 172 valence electrons. The fourth-order valence-corrected chi connectivity index (χ4v) is 5.18. The van der Waals surface area contributed by atoms with E-state index in [9.17, 15) is 4.79 Å². The summed E-state index contributed by atoms with van der Waals surface area (Å²) in [4.78, 5) is 18.1. The number of ether oxygens (including phenoxy) is 1. The van der Waals surface area contributed by atoms with E-state index >= 15 is 0 Å². The van der Waals surface area contributed by atoms with E-state index in [4.69, 9.17) is 27.2 Å². The average Bonchev–Trinajstić information content (AvgIpc) is 3.26. The van der Waals surface area contributed by atoms with Crippen LogP contribution >= 0.6 is 43.5 Å². The SMILES string of the molecule is C#CCOc1c(Br)cc(C=Nn2c(-c3cc4cc(Cl)ccc4o3)nc3ccccc3c2=O)cc1Br. The summed E-state index contributed by atoms with van der Waals surface area (Å²) in [6.07, 6.45) is 6.84. The van der Waals surface area contributed by atoms with E-state index in [1.807, 2.05) is 18.2 Å². The maximum atomic E-state index is 13.4. The second kappa shape index (κ2) is 9.70. The molecule has 0 N–H and O–H groups in total. The Morgan fingerprint density at radius 2 is 1.91 bits per heavy atom. The molecule has 0 spiro atoms. The van der Waals surface area contributed by atoms with Crippen LogP contribution in [0.15, 0.2) is 83.9 Å². The van der Waals surface area contributed by atoms with Gasteiger partial charge in [-0.3, -0.25) is 4.79 Å². The minimum Gasteiger partial charge on any atom is -0.479 e. The predicted octanol–water partition coefficient (Wildman–Crippen LogP) is 6.88. The highest BCUT2D eigenvalue weighted by molar-refractivity contribution is 9.11. The third-order valence-electron chi connectivity index (χ3n) is 5.10. The summed E-state index contributed by atoms with van der Waals surface area (Å²) in [5.41, 5.74) is 1.54. The smallest absolute Gasteiger partial charge is 0.282 e. The van der Waals surface area contributed by atoms with E-state index in [1.165, 1.54) is 4.68 Å². The van der Waals surface area contributed by atoms with Crippen LogP contribution in [0.5, 0.6) is 5.75 Å². The fourth-order valence-electron chi connectivity index (χ4n) is 3.54. The largest absolute Gasteiger partial charge is 0.479 e. The Kier molecular flexibility index (Phi) is 6.48. The van der Waals surface area contributed by atoms with Gasteiger partial charge in [0.2, 0.25) is 5.82 Å². The maximum absolute atomic E-state index is 13.4. The third-order valence-corrected chi connectivity index (χ3v) is 6.51. The van der Waals surface area contributed by atoms with Crippen molar-refractivity contribution in [3.05, 3.63) is 90.5 Å². The molecule has 3 aromatic carbocycles. The Bertz CT molecular complexity index is 1710. The lowest BCUT2D eigenvalue weighted by atomic mass is 10.2. The van der Waals surface area contributed by atoms with Crippen LogP contribution in [0.2, 0.25) is 5.02 Å². The lowest BCUT2D eigenvalue weighted by Crippen LogP contribution is -2.20. The summed E-state index contributed by atoms with van der Waals surface area (Å²) in [6.45, 7) is 0.134. The summed E-state index contributed by atoms with van der Waals surface area (Å²) in [6, 6.07) is 17.8. The topological polar surface area (TPSA) is 69.6 Å². The second-order valence-electron chi connectivity index (χ2n) is 7.41. The van der Waals surface area contributed by atoms with Crippen molar-refractivity contribution in [2.24, 2.45) is 5.10 Å². The van der Waals surface area contributed by atoms with Crippen LogP contribution in [-0.4, -0.2) is 22.5 Å². The Morgan fingerprint density at radius 3 is 2.69 bits per heavy atom. The zero-order valence-electron chi connectivity index (χ0n) is 17.8. The molecule has 6 nitrogen and oxygen atoms in total. The van der Waals surface area contributed by atoms with Crippen molar-refractivity contribution in [1.29, 1.82) is 0 Å². The van der Waals surface area contributed by atoms with E-state index in [1.54, 1.807) is 48.7 Å². The van der Waals surface area contributed by atoms with Gasteiger partial charge in [-0.1, -0.05) is 29.7 Å². The predicted molar refractivity (Wildman–Crippen MR) is 145 cm³/mol. The van der Waals surface area contributed by atoms with Crippen molar-refractivity contribution >= 4 is 71.5 Å². The molecule has 0 amide bonds. The molecule has 0 bridgehead atoms. The number of benzene rings is 3. The molecule has 0 saturated heterocycles. The molecular formula is C26H14Br2ClN3O3. The molecule has 0 aliphatic heterocycles. The highest BCUT2D eigenvalue weighted by Crippen LogP contribution is 2.34. The van der Waals surface area contributed by atoms with Gasteiger partial charge >= 0.3 is 0 Å². The van der Waals surface area contributed by atoms with Gasteiger partial charge in [0.25, 0.3) is 5.56 Å². The molecule has 0 fully saturated rings. The maximum Gasteiger partial charge on any atom is 0.282 e. The molecule has 5 rings (SSSR count).